The van der Waals surface area contributed by atoms with Crippen molar-refractivity contribution in [1.29, 1.82) is 0 Å². The number of pyridine rings is 1. The number of nitrogen functional groups attached to an aromatic ring is 1. The zero-order chi connectivity index (χ0) is 16.4. The second kappa shape index (κ2) is 6.59. The van der Waals surface area contributed by atoms with Crippen LogP contribution in [0.3, 0.4) is 0 Å². The minimum absolute atomic E-state index is 0.566. The largest absolute Gasteiger partial charge is 0.383 e. The molecule has 0 atom stereocenters. The maximum absolute atomic E-state index is 5.89. The Hall–Kier alpha value is -2.43. The van der Waals surface area contributed by atoms with Crippen molar-refractivity contribution in [3.05, 3.63) is 48.7 Å². The van der Waals surface area contributed by atoms with E-state index in [1.807, 2.05) is 24.5 Å². The highest BCUT2D eigenvalue weighted by Crippen LogP contribution is 2.39. The van der Waals surface area contributed by atoms with Gasteiger partial charge in [0.2, 0.25) is 0 Å². The molecule has 0 bridgehead atoms. The molecule has 3 heterocycles. The number of aromatic nitrogens is 4. The number of fused-ring (bicyclic) bond motifs is 1. The van der Waals surface area contributed by atoms with Crippen LogP contribution in [0.5, 0.6) is 0 Å². The molecule has 0 spiro atoms. The van der Waals surface area contributed by atoms with Gasteiger partial charge in [-0.2, -0.15) is 0 Å². The monoisotopic (exact) mass is 321 g/mol. The third-order valence-electron chi connectivity index (χ3n) is 5.18. The van der Waals surface area contributed by atoms with Crippen molar-refractivity contribution in [2.24, 2.45) is 11.8 Å². The van der Waals surface area contributed by atoms with Crippen molar-refractivity contribution < 1.29 is 0 Å². The van der Waals surface area contributed by atoms with Gasteiger partial charge in [-0.15, -0.1) is 0 Å². The van der Waals surface area contributed by atoms with Crippen LogP contribution >= 0.6 is 0 Å². The van der Waals surface area contributed by atoms with Crippen LogP contribution in [-0.2, 0) is 13.0 Å². The zero-order valence-electron chi connectivity index (χ0n) is 13.8. The summed E-state index contributed by atoms with van der Waals surface area (Å²) in [5.41, 5.74) is 8.21. The summed E-state index contributed by atoms with van der Waals surface area (Å²) in [5, 5.41) is 0.956. The van der Waals surface area contributed by atoms with Crippen molar-refractivity contribution in [2.45, 2.75) is 38.6 Å². The van der Waals surface area contributed by atoms with E-state index in [2.05, 4.69) is 31.8 Å². The third-order valence-corrected chi connectivity index (χ3v) is 5.18. The Balaban J connectivity index is 1.23. The van der Waals surface area contributed by atoms with Gasteiger partial charge in [0.05, 0.1) is 5.39 Å². The first-order valence-corrected chi connectivity index (χ1v) is 8.74. The van der Waals surface area contributed by atoms with Crippen LogP contribution in [0.15, 0.2) is 43.1 Å². The van der Waals surface area contributed by atoms with Crippen molar-refractivity contribution in [3.8, 4) is 0 Å². The third kappa shape index (κ3) is 3.11. The van der Waals surface area contributed by atoms with Gasteiger partial charge in [-0.1, -0.05) is 6.07 Å². The van der Waals surface area contributed by atoms with Gasteiger partial charge in [-0.25, -0.2) is 9.97 Å². The molecule has 5 heteroatoms. The number of rotatable bonds is 6. The van der Waals surface area contributed by atoms with Crippen LogP contribution in [0, 0.1) is 11.8 Å². The summed E-state index contributed by atoms with van der Waals surface area (Å²) in [6.07, 6.45) is 13.8. The standard InChI is InChI=1S/C19H23N5/c20-18-17-5-8-24(19(17)23-13-22-18)7-2-4-14-9-16(10-14)11-15-3-1-6-21-12-15/h1,3,5-6,8,12-14,16H,2,4,7,9-11H2,(H2,20,22,23). The molecule has 0 aromatic carbocycles. The quantitative estimate of drug-likeness (QED) is 0.755. The number of nitrogens with two attached hydrogens (primary N) is 1. The molecule has 3 aromatic rings. The number of hydrogen-bond acceptors (Lipinski definition) is 4. The Labute approximate surface area is 142 Å². The molecule has 0 aliphatic heterocycles. The van der Waals surface area contributed by atoms with Gasteiger partial charge in [-0.3, -0.25) is 4.98 Å². The van der Waals surface area contributed by atoms with E-state index in [-0.39, 0.29) is 0 Å². The van der Waals surface area contributed by atoms with Crippen molar-refractivity contribution in [3.63, 3.8) is 0 Å². The van der Waals surface area contributed by atoms with E-state index in [1.165, 1.54) is 37.7 Å². The molecule has 5 nitrogen and oxygen atoms in total. The lowest BCUT2D eigenvalue weighted by molar-refractivity contribution is 0.176. The summed E-state index contributed by atoms with van der Waals surface area (Å²) in [7, 11) is 0. The maximum atomic E-state index is 5.89. The van der Waals surface area contributed by atoms with E-state index in [0.29, 0.717) is 5.82 Å². The minimum atomic E-state index is 0.566. The first kappa shape index (κ1) is 15.1. The number of anilines is 1. The first-order chi connectivity index (χ1) is 11.8. The lowest BCUT2D eigenvalue weighted by Crippen LogP contribution is -2.25. The lowest BCUT2D eigenvalue weighted by atomic mass is 9.70. The summed E-state index contributed by atoms with van der Waals surface area (Å²) in [6, 6.07) is 6.23. The fourth-order valence-electron chi connectivity index (χ4n) is 3.88. The normalized spacial score (nSPS) is 20.2. The van der Waals surface area contributed by atoms with E-state index in [9.17, 15) is 0 Å². The van der Waals surface area contributed by atoms with Crippen LogP contribution in [0.1, 0.15) is 31.2 Å². The maximum Gasteiger partial charge on any atom is 0.145 e. The summed E-state index contributed by atoms with van der Waals surface area (Å²) in [4.78, 5) is 12.6. The number of aryl methyl sites for hydroxylation is 1. The van der Waals surface area contributed by atoms with Gasteiger partial charge < -0.3 is 10.3 Å². The molecule has 2 N–H and O–H groups in total. The highest BCUT2D eigenvalue weighted by Gasteiger charge is 2.28. The van der Waals surface area contributed by atoms with Crippen molar-refractivity contribution >= 4 is 16.9 Å². The van der Waals surface area contributed by atoms with Crippen LogP contribution in [0.25, 0.3) is 11.0 Å². The summed E-state index contributed by atoms with van der Waals surface area (Å²) in [5.74, 6) is 2.29. The Morgan fingerprint density at radius 3 is 2.92 bits per heavy atom. The van der Waals surface area contributed by atoms with Crippen molar-refractivity contribution in [1.82, 2.24) is 19.5 Å². The summed E-state index contributed by atoms with van der Waals surface area (Å²) in [6.45, 7) is 1.00. The summed E-state index contributed by atoms with van der Waals surface area (Å²) < 4.78 is 2.19. The zero-order valence-corrected chi connectivity index (χ0v) is 13.8. The van der Waals surface area contributed by atoms with E-state index in [0.717, 1.165) is 29.4 Å². The topological polar surface area (TPSA) is 69.6 Å². The lowest BCUT2D eigenvalue weighted by Gasteiger charge is -2.35. The molecule has 1 aliphatic rings. The average Bonchev–Trinajstić information content (AvgIpc) is 2.98. The molecule has 1 saturated carbocycles. The first-order valence-electron chi connectivity index (χ1n) is 8.74. The van der Waals surface area contributed by atoms with Crippen LogP contribution in [0.2, 0.25) is 0 Å². The van der Waals surface area contributed by atoms with E-state index in [4.69, 9.17) is 5.73 Å². The predicted molar refractivity (Wildman–Crippen MR) is 95.3 cm³/mol. The summed E-state index contributed by atoms with van der Waals surface area (Å²) >= 11 is 0. The SMILES string of the molecule is Nc1ncnc2c1ccn2CCCC1CC(Cc2cccnc2)C1. The average molecular weight is 321 g/mol. The molecule has 0 amide bonds. The van der Waals surface area contributed by atoms with Crippen LogP contribution in [0.4, 0.5) is 5.82 Å². The molecular formula is C19H23N5. The van der Waals surface area contributed by atoms with Gasteiger partial charge in [-0.05, 0) is 61.6 Å². The van der Waals surface area contributed by atoms with Gasteiger partial charge in [0.15, 0.2) is 0 Å². The second-order valence-electron chi connectivity index (χ2n) is 6.92. The highest BCUT2D eigenvalue weighted by molar-refractivity contribution is 5.85. The Morgan fingerprint density at radius 1 is 1.17 bits per heavy atom. The molecule has 124 valence electrons. The molecule has 0 saturated heterocycles. The fourth-order valence-corrected chi connectivity index (χ4v) is 3.88. The molecule has 3 aromatic heterocycles. The van der Waals surface area contributed by atoms with Crippen molar-refractivity contribution in [2.75, 3.05) is 5.73 Å². The van der Waals surface area contributed by atoms with E-state index < -0.39 is 0 Å². The molecule has 0 unspecified atom stereocenters. The second-order valence-corrected chi connectivity index (χ2v) is 6.92. The van der Waals surface area contributed by atoms with E-state index >= 15 is 0 Å². The minimum Gasteiger partial charge on any atom is -0.383 e. The Morgan fingerprint density at radius 2 is 2.08 bits per heavy atom. The number of nitrogens with zero attached hydrogens (tertiary/aromatic N) is 4. The Kier molecular flexibility index (Phi) is 4.15. The van der Waals surface area contributed by atoms with Gasteiger partial charge in [0.1, 0.15) is 17.8 Å². The molecule has 1 fully saturated rings. The van der Waals surface area contributed by atoms with Gasteiger partial charge >= 0.3 is 0 Å². The number of hydrogen-bond donors (Lipinski definition) is 1. The molecule has 0 radical (unpaired) electrons. The van der Waals surface area contributed by atoms with Gasteiger partial charge in [0.25, 0.3) is 0 Å². The predicted octanol–water partition coefficient (Wildman–Crippen LogP) is 3.46. The smallest absolute Gasteiger partial charge is 0.145 e. The molecular weight excluding hydrogens is 298 g/mol. The fraction of sp³-hybridized carbons (Fsp3) is 0.421. The van der Waals surface area contributed by atoms with Crippen LogP contribution < -0.4 is 5.73 Å². The van der Waals surface area contributed by atoms with Gasteiger partial charge in [0, 0.05) is 25.1 Å². The molecule has 24 heavy (non-hydrogen) atoms. The molecule has 4 rings (SSSR count). The highest BCUT2D eigenvalue weighted by atomic mass is 15.1. The van der Waals surface area contributed by atoms with Crippen LogP contribution in [-0.4, -0.2) is 19.5 Å². The molecule has 1 aliphatic carbocycles. The Bertz CT molecular complexity index is 805. The van der Waals surface area contributed by atoms with E-state index in [1.54, 1.807) is 6.33 Å².